The molecule has 2 heterocycles. The van der Waals surface area contributed by atoms with E-state index < -0.39 is 5.97 Å². The maximum atomic E-state index is 13.2. The van der Waals surface area contributed by atoms with Crippen LogP contribution in [0, 0.1) is 5.82 Å². The molecule has 0 atom stereocenters. The first-order chi connectivity index (χ1) is 13.1. The van der Waals surface area contributed by atoms with Crippen LogP contribution < -0.4 is 4.74 Å². The number of carbonyl (C=O) groups is 1. The van der Waals surface area contributed by atoms with Gasteiger partial charge in [-0.25, -0.2) is 14.2 Å². The molecule has 0 unspecified atom stereocenters. The van der Waals surface area contributed by atoms with Crippen LogP contribution in [0.2, 0.25) is 0 Å². The quantitative estimate of drug-likeness (QED) is 0.569. The first-order valence-electron chi connectivity index (χ1n) is 8.09. The number of aromatic amines is 1. The molecule has 0 saturated carbocycles. The molecule has 0 radical (unpaired) electrons. The number of hydrogen-bond acceptors (Lipinski definition) is 4. The lowest BCUT2D eigenvalue weighted by atomic mass is 10.0. The Labute approximate surface area is 153 Å². The molecular weight excluding hydrogens is 349 g/mol. The topological polar surface area (TPSA) is 88.1 Å². The highest BCUT2D eigenvalue weighted by Gasteiger charge is 2.20. The maximum Gasteiger partial charge on any atom is 0.336 e. The van der Waals surface area contributed by atoms with Gasteiger partial charge in [-0.2, -0.15) is 5.10 Å². The third-order valence-electron chi connectivity index (χ3n) is 4.25. The summed E-state index contributed by atoms with van der Waals surface area (Å²) in [4.78, 5) is 16.4. The van der Waals surface area contributed by atoms with Crippen molar-refractivity contribution in [2.45, 2.75) is 0 Å². The van der Waals surface area contributed by atoms with Crippen molar-refractivity contribution < 1.29 is 19.0 Å². The zero-order valence-corrected chi connectivity index (χ0v) is 14.2. The second kappa shape index (κ2) is 6.53. The summed E-state index contributed by atoms with van der Waals surface area (Å²) in [5.74, 6) is -0.837. The number of fused-ring (bicyclic) bond motifs is 1. The van der Waals surface area contributed by atoms with E-state index in [2.05, 4.69) is 15.2 Å². The van der Waals surface area contributed by atoms with Crippen LogP contribution in [-0.4, -0.2) is 33.4 Å². The Morgan fingerprint density at radius 3 is 2.59 bits per heavy atom. The van der Waals surface area contributed by atoms with E-state index in [9.17, 15) is 14.3 Å². The molecule has 7 heteroatoms. The van der Waals surface area contributed by atoms with Crippen LogP contribution in [0.5, 0.6) is 5.75 Å². The van der Waals surface area contributed by atoms with E-state index in [1.165, 1.54) is 18.2 Å². The fourth-order valence-corrected chi connectivity index (χ4v) is 2.95. The third kappa shape index (κ3) is 2.99. The van der Waals surface area contributed by atoms with Crippen molar-refractivity contribution in [1.82, 2.24) is 15.2 Å². The van der Waals surface area contributed by atoms with E-state index in [1.54, 1.807) is 37.4 Å². The molecule has 4 aromatic rings. The van der Waals surface area contributed by atoms with Crippen molar-refractivity contribution in [3.63, 3.8) is 0 Å². The van der Waals surface area contributed by atoms with Gasteiger partial charge >= 0.3 is 5.97 Å². The minimum Gasteiger partial charge on any atom is -0.497 e. The van der Waals surface area contributed by atoms with Gasteiger partial charge in [0.2, 0.25) is 0 Å². The Balaban J connectivity index is 1.94. The van der Waals surface area contributed by atoms with E-state index in [1.807, 2.05) is 6.07 Å². The Bertz CT molecular complexity index is 1150. The number of methoxy groups -OCH3 is 1. The summed E-state index contributed by atoms with van der Waals surface area (Å²) in [5, 5.41) is 17.1. The van der Waals surface area contributed by atoms with Gasteiger partial charge in [-0.3, -0.25) is 5.10 Å². The van der Waals surface area contributed by atoms with Crippen LogP contribution in [0.3, 0.4) is 0 Å². The van der Waals surface area contributed by atoms with E-state index in [0.29, 0.717) is 33.7 Å². The molecule has 0 aliphatic heterocycles. The smallest absolute Gasteiger partial charge is 0.336 e. The van der Waals surface area contributed by atoms with Gasteiger partial charge in [-0.15, -0.1) is 0 Å². The number of nitrogens with one attached hydrogen (secondary N) is 1. The predicted molar refractivity (Wildman–Crippen MR) is 98.2 cm³/mol. The van der Waals surface area contributed by atoms with Crippen LogP contribution in [0.1, 0.15) is 10.4 Å². The van der Waals surface area contributed by atoms with Crippen LogP contribution in [0.25, 0.3) is 33.5 Å². The lowest BCUT2D eigenvalue weighted by Crippen LogP contribution is -2.00. The average molecular weight is 363 g/mol. The number of nitrogens with zero attached hydrogens (tertiary/aromatic N) is 2. The number of pyridine rings is 1. The number of benzene rings is 2. The molecule has 2 N–H and O–H groups in total. The molecule has 134 valence electrons. The van der Waals surface area contributed by atoms with Gasteiger partial charge in [0.05, 0.1) is 29.4 Å². The van der Waals surface area contributed by atoms with Crippen LogP contribution in [0.4, 0.5) is 4.39 Å². The highest BCUT2D eigenvalue weighted by atomic mass is 19.1. The SMILES string of the molecule is COc1cccc(-c2cc(C(=O)O)c3c(-c4ccc(F)cc4)[nH]nc3n2)c1. The number of ether oxygens (including phenoxy) is 1. The molecule has 27 heavy (non-hydrogen) atoms. The highest BCUT2D eigenvalue weighted by molar-refractivity contribution is 6.08. The predicted octanol–water partition coefficient (Wildman–Crippen LogP) is 4.14. The van der Waals surface area contributed by atoms with Gasteiger partial charge < -0.3 is 9.84 Å². The Morgan fingerprint density at radius 1 is 1.11 bits per heavy atom. The lowest BCUT2D eigenvalue weighted by molar-refractivity contribution is 0.0699. The molecule has 0 fully saturated rings. The van der Waals surface area contributed by atoms with Crippen LogP contribution in [0.15, 0.2) is 54.6 Å². The van der Waals surface area contributed by atoms with E-state index in [4.69, 9.17) is 4.74 Å². The van der Waals surface area contributed by atoms with Gasteiger partial charge in [0, 0.05) is 11.1 Å². The zero-order valence-electron chi connectivity index (χ0n) is 14.2. The Kier molecular flexibility index (Phi) is 4.04. The fourth-order valence-electron chi connectivity index (χ4n) is 2.95. The van der Waals surface area contributed by atoms with Gasteiger partial charge in [0.1, 0.15) is 11.6 Å². The Hall–Kier alpha value is -3.74. The minimum atomic E-state index is -1.10. The zero-order chi connectivity index (χ0) is 19.0. The summed E-state index contributed by atoms with van der Waals surface area (Å²) < 4.78 is 18.4. The number of aromatic nitrogens is 3. The number of carboxylic acids is 1. The lowest BCUT2D eigenvalue weighted by Gasteiger charge is -2.07. The molecule has 6 nitrogen and oxygen atoms in total. The van der Waals surface area contributed by atoms with Crippen molar-refractivity contribution in [3.05, 3.63) is 66.0 Å². The number of halogens is 1. The summed E-state index contributed by atoms with van der Waals surface area (Å²) in [6, 6.07) is 14.4. The number of carboxylic acid groups (broad SMARTS) is 1. The summed E-state index contributed by atoms with van der Waals surface area (Å²) in [7, 11) is 1.56. The molecule has 0 spiro atoms. The summed E-state index contributed by atoms with van der Waals surface area (Å²) in [6.07, 6.45) is 0. The van der Waals surface area contributed by atoms with Crippen molar-refractivity contribution in [2.24, 2.45) is 0 Å². The molecule has 4 rings (SSSR count). The molecule has 0 saturated heterocycles. The molecule has 0 aliphatic rings. The molecule has 0 bridgehead atoms. The van der Waals surface area contributed by atoms with Crippen molar-refractivity contribution in [1.29, 1.82) is 0 Å². The average Bonchev–Trinajstić information content (AvgIpc) is 3.11. The summed E-state index contributed by atoms with van der Waals surface area (Å²) in [5.41, 5.74) is 2.61. The van der Waals surface area contributed by atoms with Crippen molar-refractivity contribution in [2.75, 3.05) is 7.11 Å². The van der Waals surface area contributed by atoms with E-state index in [-0.39, 0.29) is 17.0 Å². The van der Waals surface area contributed by atoms with Gasteiger partial charge in [0.25, 0.3) is 0 Å². The minimum absolute atomic E-state index is 0.0610. The third-order valence-corrected chi connectivity index (χ3v) is 4.25. The van der Waals surface area contributed by atoms with Crippen molar-refractivity contribution >= 4 is 17.0 Å². The second-order valence-electron chi connectivity index (χ2n) is 5.90. The molecule has 0 aliphatic carbocycles. The number of hydrogen-bond donors (Lipinski definition) is 2. The Morgan fingerprint density at radius 2 is 1.89 bits per heavy atom. The first kappa shape index (κ1) is 16.7. The number of H-pyrrole nitrogens is 1. The monoisotopic (exact) mass is 363 g/mol. The maximum absolute atomic E-state index is 13.2. The van der Waals surface area contributed by atoms with Gasteiger partial charge in [-0.1, -0.05) is 12.1 Å². The number of aromatic carboxylic acids is 1. The molecule has 0 amide bonds. The van der Waals surface area contributed by atoms with E-state index in [0.717, 1.165) is 0 Å². The summed E-state index contributed by atoms with van der Waals surface area (Å²) in [6.45, 7) is 0. The van der Waals surface area contributed by atoms with Crippen LogP contribution in [-0.2, 0) is 0 Å². The van der Waals surface area contributed by atoms with E-state index >= 15 is 0 Å². The normalized spacial score (nSPS) is 10.9. The molecular formula is C20H14FN3O3. The van der Waals surface area contributed by atoms with Gasteiger partial charge in [0.15, 0.2) is 5.65 Å². The molecule has 2 aromatic carbocycles. The van der Waals surface area contributed by atoms with Gasteiger partial charge in [-0.05, 0) is 42.5 Å². The fraction of sp³-hybridized carbons (Fsp3) is 0.0500. The van der Waals surface area contributed by atoms with Crippen molar-refractivity contribution in [3.8, 4) is 28.3 Å². The molecule has 2 aromatic heterocycles. The second-order valence-corrected chi connectivity index (χ2v) is 5.90. The standard InChI is InChI=1S/C20H14FN3O3/c1-27-14-4-2-3-12(9-14)16-10-15(20(25)26)17-18(23-24-19(17)22-16)11-5-7-13(21)8-6-11/h2-10H,1H3,(H,25,26)(H,22,23,24). The summed E-state index contributed by atoms with van der Waals surface area (Å²) >= 11 is 0. The largest absolute Gasteiger partial charge is 0.497 e. The highest BCUT2D eigenvalue weighted by Crippen LogP contribution is 2.32. The van der Waals surface area contributed by atoms with Crippen LogP contribution >= 0.6 is 0 Å². The first-order valence-corrected chi connectivity index (χ1v) is 8.09. The number of rotatable bonds is 4.